The van der Waals surface area contributed by atoms with Crippen LogP contribution in [-0.4, -0.2) is 11.7 Å². The van der Waals surface area contributed by atoms with Crippen LogP contribution in [0.1, 0.15) is 53.9 Å². The lowest BCUT2D eigenvalue weighted by Gasteiger charge is -2.41. The van der Waals surface area contributed by atoms with E-state index in [1.165, 1.54) is 22.3 Å². The van der Waals surface area contributed by atoms with Crippen molar-refractivity contribution in [2.24, 2.45) is 5.41 Å². The van der Waals surface area contributed by atoms with Crippen LogP contribution in [0, 0.1) is 5.41 Å². The Bertz CT molecular complexity index is 738. The zero-order valence-electron chi connectivity index (χ0n) is 14.2. The van der Waals surface area contributed by atoms with Gasteiger partial charge in [-0.25, -0.2) is 0 Å². The smallest absolute Gasteiger partial charge is 0.0431 e. The second-order valence-electron chi connectivity index (χ2n) is 7.26. The first-order chi connectivity index (χ1) is 11.7. The van der Waals surface area contributed by atoms with Gasteiger partial charge in [-0.15, -0.1) is 0 Å². The molecule has 2 aliphatic carbocycles. The van der Waals surface area contributed by atoms with Crippen molar-refractivity contribution in [3.8, 4) is 0 Å². The summed E-state index contributed by atoms with van der Waals surface area (Å²) in [5, 5.41) is 9.47. The summed E-state index contributed by atoms with van der Waals surface area (Å²) in [4.78, 5) is 0. The van der Waals surface area contributed by atoms with Crippen molar-refractivity contribution in [2.75, 3.05) is 6.61 Å². The van der Waals surface area contributed by atoms with Crippen molar-refractivity contribution in [1.29, 1.82) is 0 Å². The molecule has 2 unspecified atom stereocenters. The van der Waals surface area contributed by atoms with Gasteiger partial charge in [-0.05, 0) is 40.5 Å². The minimum Gasteiger partial charge on any atom is -0.396 e. The van der Waals surface area contributed by atoms with Gasteiger partial charge in [0.1, 0.15) is 0 Å². The van der Waals surface area contributed by atoms with E-state index in [4.69, 9.17) is 0 Å². The molecule has 2 aromatic rings. The van der Waals surface area contributed by atoms with Gasteiger partial charge in [-0.2, -0.15) is 0 Å². The standard InChI is InChI=1S/C23H24O/c1-23(15-6-16-24,21-13-11-17-7-2-4-9-19(17)21)22-14-12-18-8-3-5-10-20(18)22/h2-5,7-14,21-22,24H,6,15-16H2,1H3. The van der Waals surface area contributed by atoms with Crippen LogP contribution in [0.5, 0.6) is 0 Å². The third-order valence-corrected chi connectivity index (χ3v) is 5.89. The Morgan fingerprint density at radius 1 is 0.833 bits per heavy atom. The zero-order chi connectivity index (χ0) is 16.6. The van der Waals surface area contributed by atoms with E-state index in [2.05, 4.69) is 79.8 Å². The summed E-state index contributed by atoms with van der Waals surface area (Å²) < 4.78 is 0. The lowest BCUT2D eigenvalue weighted by Crippen LogP contribution is -2.30. The van der Waals surface area contributed by atoms with Gasteiger partial charge in [0.05, 0.1) is 0 Å². The van der Waals surface area contributed by atoms with Crippen molar-refractivity contribution < 1.29 is 5.11 Å². The lowest BCUT2D eigenvalue weighted by molar-refractivity contribution is 0.194. The fraction of sp³-hybridized carbons (Fsp3) is 0.304. The first kappa shape index (κ1) is 15.4. The molecule has 4 rings (SSSR count). The molecule has 2 aliphatic rings. The highest BCUT2D eigenvalue weighted by atomic mass is 16.2. The normalized spacial score (nSPS) is 23.1. The Labute approximate surface area is 144 Å². The summed E-state index contributed by atoms with van der Waals surface area (Å²) in [6.07, 6.45) is 11.1. The second kappa shape index (κ2) is 6.07. The Morgan fingerprint density at radius 3 is 1.83 bits per heavy atom. The number of benzene rings is 2. The molecule has 1 heteroatoms. The molecule has 1 N–H and O–H groups in total. The molecular formula is C23H24O. The van der Waals surface area contributed by atoms with Crippen LogP contribution >= 0.6 is 0 Å². The number of allylic oxidation sites excluding steroid dienone is 2. The van der Waals surface area contributed by atoms with Crippen LogP contribution in [0.2, 0.25) is 0 Å². The van der Waals surface area contributed by atoms with Crippen molar-refractivity contribution >= 4 is 12.2 Å². The van der Waals surface area contributed by atoms with E-state index in [1.54, 1.807) is 0 Å². The predicted molar refractivity (Wildman–Crippen MR) is 101 cm³/mol. The lowest BCUT2D eigenvalue weighted by atomic mass is 9.62. The highest BCUT2D eigenvalue weighted by Gasteiger charge is 2.43. The van der Waals surface area contributed by atoms with Crippen molar-refractivity contribution in [2.45, 2.75) is 31.6 Å². The molecule has 122 valence electrons. The number of hydrogen-bond acceptors (Lipinski definition) is 1. The SMILES string of the molecule is CC(CCCO)(C1C=Cc2ccccc21)C1C=Cc2ccccc21. The molecule has 0 amide bonds. The van der Waals surface area contributed by atoms with Crippen LogP contribution in [0.4, 0.5) is 0 Å². The molecule has 0 saturated heterocycles. The second-order valence-corrected chi connectivity index (χ2v) is 7.26. The summed E-state index contributed by atoms with van der Waals surface area (Å²) in [6, 6.07) is 17.5. The molecule has 0 fully saturated rings. The van der Waals surface area contributed by atoms with Crippen LogP contribution < -0.4 is 0 Å². The molecule has 0 radical (unpaired) electrons. The number of fused-ring (bicyclic) bond motifs is 2. The van der Waals surface area contributed by atoms with E-state index in [-0.39, 0.29) is 12.0 Å². The number of rotatable bonds is 5. The summed E-state index contributed by atoms with van der Waals surface area (Å²) in [7, 11) is 0. The van der Waals surface area contributed by atoms with Crippen LogP contribution in [0.25, 0.3) is 12.2 Å². The molecule has 0 spiro atoms. The maximum atomic E-state index is 9.47. The molecule has 0 aliphatic heterocycles. The third-order valence-electron chi connectivity index (χ3n) is 5.89. The van der Waals surface area contributed by atoms with E-state index >= 15 is 0 Å². The average Bonchev–Trinajstić information content (AvgIpc) is 3.24. The summed E-state index contributed by atoms with van der Waals surface area (Å²) in [6.45, 7) is 2.66. The van der Waals surface area contributed by atoms with Gasteiger partial charge in [0.2, 0.25) is 0 Å². The van der Waals surface area contributed by atoms with E-state index in [0.29, 0.717) is 11.8 Å². The number of hydrogen-bond donors (Lipinski definition) is 1. The van der Waals surface area contributed by atoms with Crippen LogP contribution in [-0.2, 0) is 0 Å². The minimum atomic E-state index is 0.0644. The van der Waals surface area contributed by atoms with E-state index in [9.17, 15) is 5.11 Å². The van der Waals surface area contributed by atoms with Gasteiger partial charge < -0.3 is 5.11 Å². The fourth-order valence-corrected chi connectivity index (χ4v) is 4.61. The van der Waals surface area contributed by atoms with Gasteiger partial charge in [0.15, 0.2) is 0 Å². The summed E-state index contributed by atoms with van der Waals surface area (Å²) in [5.74, 6) is 0.780. The highest BCUT2D eigenvalue weighted by Crippen LogP contribution is 2.56. The molecular weight excluding hydrogens is 292 g/mol. The van der Waals surface area contributed by atoms with Gasteiger partial charge in [-0.3, -0.25) is 0 Å². The van der Waals surface area contributed by atoms with Gasteiger partial charge in [-0.1, -0.05) is 79.8 Å². The van der Waals surface area contributed by atoms with Crippen LogP contribution in [0.15, 0.2) is 60.7 Å². The van der Waals surface area contributed by atoms with E-state index in [0.717, 1.165) is 12.8 Å². The maximum Gasteiger partial charge on any atom is 0.0431 e. The monoisotopic (exact) mass is 316 g/mol. The first-order valence-corrected chi connectivity index (χ1v) is 8.89. The third kappa shape index (κ3) is 2.35. The Morgan fingerprint density at radius 2 is 1.33 bits per heavy atom. The Kier molecular flexibility index (Phi) is 3.90. The molecule has 0 bridgehead atoms. The Hall–Kier alpha value is -2.12. The van der Waals surface area contributed by atoms with Gasteiger partial charge in [0.25, 0.3) is 0 Å². The topological polar surface area (TPSA) is 20.2 Å². The molecule has 2 aromatic carbocycles. The van der Waals surface area contributed by atoms with Crippen molar-refractivity contribution in [3.63, 3.8) is 0 Å². The Balaban J connectivity index is 1.78. The summed E-state index contributed by atoms with van der Waals surface area (Å²) >= 11 is 0. The highest BCUT2D eigenvalue weighted by molar-refractivity contribution is 5.66. The molecule has 0 aromatic heterocycles. The average molecular weight is 316 g/mol. The number of aliphatic hydroxyl groups is 1. The zero-order valence-corrected chi connectivity index (χ0v) is 14.2. The number of aliphatic hydroxyl groups excluding tert-OH is 1. The largest absolute Gasteiger partial charge is 0.396 e. The van der Waals surface area contributed by atoms with Crippen molar-refractivity contribution in [3.05, 3.63) is 82.9 Å². The minimum absolute atomic E-state index is 0.0644. The molecule has 24 heavy (non-hydrogen) atoms. The predicted octanol–water partition coefficient (Wildman–Crippen LogP) is 5.39. The summed E-state index contributed by atoms with van der Waals surface area (Å²) in [5.41, 5.74) is 5.60. The van der Waals surface area contributed by atoms with Gasteiger partial charge >= 0.3 is 0 Å². The van der Waals surface area contributed by atoms with Crippen LogP contribution in [0.3, 0.4) is 0 Å². The molecule has 1 nitrogen and oxygen atoms in total. The molecule has 0 heterocycles. The first-order valence-electron chi connectivity index (χ1n) is 8.89. The quantitative estimate of drug-likeness (QED) is 0.784. The van der Waals surface area contributed by atoms with E-state index in [1.807, 2.05) is 0 Å². The molecule has 0 saturated carbocycles. The van der Waals surface area contributed by atoms with E-state index < -0.39 is 0 Å². The fourth-order valence-electron chi connectivity index (χ4n) is 4.61. The van der Waals surface area contributed by atoms with Gasteiger partial charge in [0, 0.05) is 18.4 Å². The maximum absolute atomic E-state index is 9.47. The van der Waals surface area contributed by atoms with Crippen molar-refractivity contribution in [1.82, 2.24) is 0 Å². The molecule has 2 atom stereocenters.